The second kappa shape index (κ2) is 7.67. The van der Waals surface area contributed by atoms with Gasteiger partial charge in [-0.2, -0.15) is 18.3 Å². The Balaban J connectivity index is 2.89. The highest BCUT2D eigenvalue weighted by Crippen LogP contribution is 2.21. The van der Waals surface area contributed by atoms with Crippen LogP contribution in [0.2, 0.25) is 0 Å². The van der Waals surface area contributed by atoms with Crippen LogP contribution in [-0.2, 0) is 22.6 Å². The lowest BCUT2D eigenvalue weighted by Gasteiger charge is -2.20. The Kier molecular flexibility index (Phi) is 6.39. The number of aryl methyl sites for hydroxylation is 1. The van der Waals surface area contributed by atoms with Gasteiger partial charge in [-0.15, -0.1) is 0 Å². The molecule has 1 heterocycles. The number of hydrogen-bond acceptors (Lipinski definition) is 3. The summed E-state index contributed by atoms with van der Waals surface area (Å²) in [4.78, 5) is 23.3. The minimum Gasteiger partial charge on any atom is -0.480 e. The van der Waals surface area contributed by atoms with Gasteiger partial charge in [-0.25, -0.2) is 4.79 Å². The molecule has 136 valence electrons. The normalized spacial score (nSPS) is 14.3. The minimum absolute atomic E-state index is 0.213. The molecule has 2 atom stereocenters. The van der Waals surface area contributed by atoms with Crippen molar-refractivity contribution >= 4 is 11.9 Å². The van der Waals surface area contributed by atoms with E-state index in [1.807, 2.05) is 6.92 Å². The highest BCUT2D eigenvalue weighted by molar-refractivity contribution is 5.85. The van der Waals surface area contributed by atoms with Gasteiger partial charge in [0.25, 0.3) is 0 Å². The van der Waals surface area contributed by atoms with Crippen LogP contribution >= 0.6 is 0 Å². The van der Waals surface area contributed by atoms with Crippen LogP contribution < -0.4 is 5.32 Å². The van der Waals surface area contributed by atoms with Crippen molar-refractivity contribution in [1.82, 2.24) is 15.1 Å². The van der Waals surface area contributed by atoms with Crippen molar-refractivity contribution < 1.29 is 27.9 Å². The number of carboxylic acid groups (broad SMARTS) is 1. The lowest BCUT2D eigenvalue weighted by atomic mass is 9.99. The molecule has 0 aliphatic carbocycles. The van der Waals surface area contributed by atoms with Gasteiger partial charge in [0.05, 0.1) is 12.1 Å². The zero-order valence-corrected chi connectivity index (χ0v) is 14.1. The van der Waals surface area contributed by atoms with E-state index in [0.717, 1.165) is 4.68 Å². The van der Waals surface area contributed by atoms with Crippen LogP contribution in [-0.4, -0.2) is 39.0 Å². The van der Waals surface area contributed by atoms with E-state index >= 15 is 0 Å². The monoisotopic (exact) mass is 349 g/mol. The Hall–Kier alpha value is -2.06. The van der Waals surface area contributed by atoms with E-state index in [0.29, 0.717) is 17.7 Å². The zero-order chi connectivity index (χ0) is 18.7. The first-order valence-electron chi connectivity index (χ1n) is 7.58. The first-order chi connectivity index (χ1) is 11.0. The van der Waals surface area contributed by atoms with Crippen molar-refractivity contribution in [3.8, 4) is 0 Å². The maximum absolute atomic E-state index is 12.5. The van der Waals surface area contributed by atoms with E-state index in [-0.39, 0.29) is 18.0 Å². The first-order valence-corrected chi connectivity index (χ1v) is 7.58. The number of amides is 1. The zero-order valence-electron chi connectivity index (χ0n) is 14.1. The number of nitrogens with one attached hydrogen (secondary N) is 1. The molecular formula is C15H22F3N3O3. The molecule has 9 heteroatoms. The number of aliphatic carboxylic acids is 1. The summed E-state index contributed by atoms with van der Waals surface area (Å²) < 4.78 is 38.3. The number of alkyl halides is 3. The van der Waals surface area contributed by atoms with Crippen molar-refractivity contribution in [1.29, 1.82) is 0 Å². The SMILES string of the molecule is CCC(C)C(NC(=O)Cc1c(C)nn(CC(F)(F)F)c1C)C(=O)O. The maximum atomic E-state index is 12.5. The summed E-state index contributed by atoms with van der Waals surface area (Å²) in [7, 11) is 0. The van der Waals surface area contributed by atoms with E-state index < -0.39 is 30.6 Å². The van der Waals surface area contributed by atoms with Gasteiger partial charge >= 0.3 is 12.1 Å². The Bertz CT molecular complexity index is 611. The average molecular weight is 349 g/mol. The third-order valence-corrected chi connectivity index (χ3v) is 3.99. The number of aromatic nitrogens is 2. The lowest BCUT2D eigenvalue weighted by Crippen LogP contribution is -2.45. The van der Waals surface area contributed by atoms with E-state index in [9.17, 15) is 27.9 Å². The van der Waals surface area contributed by atoms with Crippen molar-refractivity contribution in [2.45, 2.75) is 59.3 Å². The molecule has 1 aromatic rings. The Morgan fingerprint density at radius 2 is 1.92 bits per heavy atom. The van der Waals surface area contributed by atoms with Gasteiger partial charge < -0.3 is 10.4 Å². The van der Waals surface area contributed by atoms with E-state index in [4.69, 9.17) is 0 Å². The average Bonchev–Trinajstić information content (AvgIpc) is 2.69. The Labute approximate surface area is 138 Å². The number of hydrogen-bond donors (Lipinski definition) is 2. The molecule has 24 heavy (non-hydrogen) atoms. The van der Waals surface area contributed by atoms with Crippen molar-refractivity contribution in [3.63, 3.8) is 0 Å². The number of halogens is 3. The van der Waals surface area contributed by atoms with Crippen molar-refractivity contribution in [2.24, 2.45) is 5.92 Å². The van der Waals surface area contributed by atoms with E-state index in [1.165, 1.54) is 13.8 Å². The molecule has 6 nitrogen and oxygen atoms in total. The lowest BCUT2D eigenvalue weighted by molar-refractivity contribution is -0.143. The number of nitrogens with zero attached hydrogens (tertiary/aromatic N) is 2. The molecule has 2 unspecified atom stereocenters. The Morgan fingerprint density at radius 1 is 1.33 bits per heavy atom. The molecule has 0 fully saturated rings. The smallest absolute Gasteiger partial charge is 0.408 e. The molecule has 0 aliphatic rings. The molecule has 1 rings (SSSR count). The topological polar surface area (TPSA) is 84.2 Å². The fourth-order valence-electron chi connectivity index (χ4n) is 2.38. The minimum atomic E-state index is -4.41. The van der Waals surface area contributed by atoms with Gasteiger partial charge in [0.15, 0.2) is 0 Å². The fraction of sp³-hybridized carbons (Fsp3) is 0.667. The predicted octanol–water partition coefficient (Wildman–Crippen LogP) is 2.22. The van der Waals surface area contributed by atoms with Crippen LogP contribution in [0.15, 0.2) is 0 Å². The highest BCUT2D eigenvalue weighted by atomic mass is 19.4. The third-order valence-electron chi connectivity index (χ3n) is 3.99. The van der Waals surface area contributed by atoms with Crippen molar-refractivity contribution in [3.05, 3.63) is 17.0 Å². The summed E-state index contributed by atoms with van der Waals surface area (Å²) in [6.45, 7) is 5.26. The summed E-state index contributed by atoms with van der Waals surface area (Å²) in [6, 6.07) is -1.03. The molecule has 0 aliphatic heterocycles. The van der Waals surface area contributed by atoms with Gasteiger partial charge in [-0.1, -0.05) is 20.3 Å². The molecule has 0 saturated heterocycles. The summed E-state index contributed by atoms with van der Waals surface area (Å²) in [5.41, 5.74) is 0.947. The molecule has 1 amide bonds. The molecule has 0 saturated carbocycles. The van der Waals surface area contributed by atoms with E-state index in [2.05, 4.69) is 10.4 Å². The molecule has 0 spiro atoms. The van der Waals surface area contributed by atoms with Crippen LogP contribution in [0.25, 0.3) is 0 Å². The van der Waals surface area contributed by atoms with Gasteiger partial charge in [-0.3, -0.25) is 9.48 Å². The summed E-state index contributed by atoms with van der Waals surface area (Å²) in [5, 5.41) is 15.4. The molecule has 2 N–H and O–H groups in total. The number of rotatable bonds is 7. The molecular weight excluding hydrogens is 327 g/mol. The maximum Gasteiger partial charge on any atom is 0.408 e. The van der Waals surface area contributed by atoms with Crippen molar-refractivity contribution in [2.75, 3.05) is 0 Å². The quantitative estimate of drug-likeness (QED) is 0.791. The highest BCUT2D eigenvalue weighted by Gasteiger charge is 2.31. The summed E-state index contributed by atoms with van der Waals surface area (Å²) >= 11 is 0. The number of carbonyl (C=O) groups is 2. The molecule has 0 radical (unpaired) electrons. The van der Waals surface area contributed by atoms with Crippen LogP contribution in [0.4, 0.5) is 13.2 Å². The van der Waals surface area contributed by atoms with Gasteiger partial charge in [0, 0.05) is 11.3 Å². The van der Waals surface area contributed by atoms with Gasteiger partial charge in [-0.05, 0) is 19.8 Å². The number of carboxylic acids is 1. The second-order valence-corrected chi connectivity index (χ2v) is 5.87. The third kappa shape index (κ3) is 5.24. The molecule has 0 aromatic carbocycles. The van der Waals surface area contributed by atoms with Gasteiger partial charge in [0.1, 0.15) is 12.6 Å². The predicted molar refractivity (Wildman–Crippen MR) is 80.5 cm³/mol. The second-order valence-electron chi connectivity index (χ2n) is 5.87. The molecule has 0 bridgehead atoms. The number of carbonyl (C=O) groups excluding carboxylic acids is 1. The summed E-state index contributed by atoms with van der Waals surface area (Å²) in [6.07, 6.45) is -4.05. The first kappa shape index (κ1) is 20.0. The van der Waals surface area contributed by atoms with Crippen LogP contribution in [0.5, 0.6) is 0 Å². The summed E-state index contributed by atoms with van der Waals surface area (Å²) in [5.74, 6) is -1.96. The van der Waals surface area contributed by atoms with E-state index in [1.54, 1.807) is 6.92 Å². The van der Waals surface area contributed by atoms with Crippen LogP contribution in [0, 0.1) is 19.8 Å². The van der Waals surface area contributed by atoms with Crippen LogP contribution in [0.1, 0.15) is 37.2 Å². The largest absolute Gasteiger partial charge is 0.480 e. The molecule has 1 aromatic heterocycles. The fourth-order valence-corrected chi connectivity index (χ4v) is 2.38. The van der Waals surface area contributed by atoms with Crippen LogP contribution in [0.3, 0.4) is 0 Å². The van der Waals surface area contributed by atoms with Gasteiger partial charge in [0.2, 0.25) is 5.91 Å². The standard InChI is InChI=1S/C15H22F3N3O3/c1-5-8(2)13(14(23)24)19-12(22)6-11-9(3)20-21(10(11)4)7-15(16,17)18/h8,13H,5-7H2,1-4H3,(H,19,22)(H,23,24). The Morgan fingerprint density at radius 3 is 2.38 bits per heavy atom.